The van der Waals surface area contributed by atoms with Crippen molar-refractivity contribution in [2.45, 2.75) is 39.0 Å². The van der Waals surface area contributed by atoms with Crippen molar-refractivity contribution in [2.75, 3.05) is 0 Å². The smallest absolute Gasteiger partial charge is 0.0921 e. The molecule has 0 saturated carbocycles. The molecule has 4 heteroatoms. The Morgan fingerprint density at radius 2 is 2.00 bits per heavy atom. The van der Waals surface area contributed by atoms with Crippen LogP contribution in [-0.2, 0) is 6.42 Å². The Bertz CT molecular complexity index is 537. The van der Waals surface area contributed by atoms with E-state index in [0.717, 1.165) is 24.3 Å². The second-order valence-electron chi connectivity index (χ2n) is 5.13. The fraction of sp³-hybridized carbons (Fsp3) is 0.438. The minimum absolute atomic E-state index is 0.481. The second kappa shape index (κ2) is 7.14. The highest BCUT2D eigenvalue weighted by Gasteiger charge is 2.22. The van der Waals surface area contributed by atoms with Crippen LogP contribution in [0.2, 0.25) is 10.0 Å². The molecule has 1 heterocycles. The molecular weight excluding hydrogens is 291 g/mol. The summed E-state index contributed by atoms with van der Waals surface area (Å²) in [5.41, 5.74) is 2.38. The zero-order valence-electron chi connectivity index (χ0n) is 11.9. The molecule has 0 aliphatic heterocycles. The van der Waals surface area contributed by atoms with Gasteiger partial charge in [-0.1, -0.05) is 49.5 Å². The molecule has 108 valence electrons. The van der Waals surface area contributed by atoms with Gasteiger partial charge < -0.3 is 4.98 Å². The van der Waals surface area contributed by atoms with Crippen molar-refractivity contribution in [3.05, 3.63) is 52.0 Å². The SMILES string of the molecule is CCC(Cc1ccc(Cl)cc1Cl)C(CC)c1cnc[nH]1. The first-order chi connectivity index (χ1) is 9.65. The van der Waals surface area contributed by atoms with E-state index in [0.29, 0.717) is 16.9 Å². The molecule has 0 aliphatic rings. The molecule has 20 heavy (non-hydrogen) atoms. The van der Waals surface area contributed by atoms with Crippen LogP contribution in [0.3, 0.4) is 0 Å². The maximum absolute atomic E-state index is 6.30. The third kappa shape index (κ3) is 3.56. The Morgan fingerprint density at radius 3 is 2.55 bits per heavy atom. The molecule has 0 spiro atoms. The molecule has 2 atom stereocenters. The molecule has 0 amide bonds. The third-order valence-corrected chi connectivity index (χ3v) is 4.54. The van der Waals surface area contributed by atoms with Crippen molar-refractivity contribution in [3.8, 4) is 0 Å². The van der Waals surface area contributed by atoms with Crippen molar-refractivity contribution in [1.29, 1.82) is 0 Å². The average Bonchev–Trinajstić information content (AvgIpc) is 2.95. The minimum atomic E-state index is 0.481. The Morgan fingerprint density at radius 1 is 1.20 bits per heavy atom. The Kier molecular flexibility index (Phi) is 5.50. The number of benzene rings is 1. The molecule has 1 aromatic carbocycles. The van der Waals surface area contributed by atoms with Crippen molar-refractivity contribution in [3.63, 3.8) is 0 Å². The number of hydrogen-bond donors (Lipinski definition) is 1. The fourth-order valence-electron chi connectivity index (χ4n) is 2.82. The van der Waals surface area contributed by atoms with E-state index in [1.165, 1.54) is 11.3 Å². The zero-order chi connectivity index (χ0) is 14.5. The van der Waals surface area contributed by atoms with E-state index in [1.54, 1.807) is 6.33 Å². The predicted octanol–water partition coefficient (Wildman–Crippen LogP) is 5.48. The van der Waals surface area contributed by atoms with Crippen LogP contribution in [-0.4, -0.2) is 9.97 Å². The molecule has 1 aromatic heterocycles. The summed E-state index contributed by atoms with van der Waals surface area (Å²) in [4.78, 5) is 7.39. The van der Waals surface area contributed by atoms with Crippen molar-refractivity contribution >= 4 is 23.2 Å². The lowest BCUT2D eigenvalue weighted by atomic mass is 9.81. The molecule has 0 saturated heterocycles. The van der Waals surface area contributed by atoms with Crippen LogP contribution in [0, 0.1) is 5.92 Å². The van der Waals surface area contributed by atoms with Gasteiger partial charge in [-0.15, -0.1) is 0 Å². The standard InChI is InChI=1S/C16H20Cl2N2/c1-3-11(14(4-2)16-9-19-10-20-16)7-12-5-6-13(17)8-15(12)18/h5-6,8-11,14H,3-4,7H2,1-2H3,(H,19,20). The van der Waals surface area contributed by atoms with Gasteiger partial charge in [0, 0.05) is 27.9 Å². The van der Waals surface area contributed by atoms with Crippen LogP contribution in [0.5, 0.6) is 0 Å². The number of H-pyrrole nitrogens is 1. The van der Waals surface area contributed by atoms with E-state index >= 15 is 0 Å². The van der Waals surface area contributed by atoms with Gasteiger partial charge in [-0.05, 0) is 36.5 Å². The summed E-state index contributed by atoms with van der Waals surface area (Å²) in [7, 11) is 0. The summed E-state index contributed by atoms with van der Waals surface area (Å²) in [6.45, 7) is 4.45. The van der Waals surface area contributed by atoms with Gasteiger partial charge in [-0.3, -0.25) is 0 Å². The molecule has 0 aliphatic carbocycles. The maximum Gasteiger partial charge on any atom is 0.0921 e. The van der Waals surface area contributed by atoms with Gasteiger partial charge >= 0.3 is 0 Å². The molecular formula is C16H20Cl2N2. The minimum Gasteiger partial charge on any atom is -0.348 e. The van der Waals surface area contributed by atoms with Gasteiger partial charge in [0.2, 0.25) is 0 Å². The van der Waals surface area contributed by atoms with E-state index in [4.69, 9.17) is 23.2 Å². The molecule has 0 fully saturated rings. The number of aromatic nitrogens is 2. The first kappa shape index (κ1) is 15.4. The predicted molar refractivity (Wildman–Crippen MR) is 85.6 cm³/mol. The van der Waals surface area contributed by atoms with Crippen LogP contribution >= 0.6 is 23.2 Å². The van der Waals surface area contributed by atoms with E-state index in [-0.39, 0.29) is 0 Å². The van der Waals surface area contributed by atoms with Gasteiger partial charge in [-0.25, -0.2) is 4.98 Å². The van der Waals surface area contributed by atoms with Gasteiger partial charge in [-0.2, -0.15) is 0 Å². The van der Waals surface area contributed by atoms with Gasteiger partial charge in [0.05, 0.1) is 6.33 Å². The molecule has 0 radical (unpaired) electrons. The number of halogens is 2. The molecule has 1 N–H and O–H groups in total. The van der Waals surface area contributed by atoms with E-state index in [9.17, 15) is 0 Å². The lowest BCUT2D eigenvalue weighted by Crippen LogP contribution is -2.15. The van der Waals surface area contributed by atoms with Crippen LogP contribution in [0.4, 0.5) is 0 Å². The number of hydrogen-bond acceptors (Lipinski definition) is 1. The molecule has 0 bridgehead atoms. The van der Waals surface area contributed by atoms with Gasteiger partial charge in [0.15, 0.2) is 0 Å². The highest BCUT2D eigenvalue weighted by Crippen LogP contribution is 2.33. The lowest BCUT2D eigenvalue weighted by molar-refractivity contribution is 0.391. The van der Waals surface area contributed by atoms with Crippen LogP contribution in [0.15, 0.2) is 30.7 Å². The molecule has 2 unspecified atom stereocenters. The van der Waals surface area contributed by atoms with Gasteiger partial charge in [0.1, 0.15) is 0 Å². The van der Waals surface area contributed by atoms with Crippen LogP contribution < -0.4 is 0 Å². The number of aromatic amines is 1. The third-order valence-electron chi connectivity index (χ3n) is 3.95. The summed E-state index contributed by atoms with van der Waals surface area (Å²) in [5.74, 6) is 1.02. The monoisotopic (exact) mass is 310 g/mol. The van der Waals surface area contributed by atoms with Crippen LogP contribution in [0.1, 0.15) is 43.9 Å². The molecule has 2 rings (SSSR count). The normalized spacial score (nSPS) is 14.2. The Balaban J connectivity index is 2.19. The van der Waals surface area contributed by atoms with E-state index in [2.05, 4.69) is 23.8 Å². The Hall–Kier alpha value is -0.990. The van der Waals surface area contributed by atoms with Crippen molar-refractivity contribution < 1.29 is 0 Å². The topological polar surface area (TPSA) is 28.7 Å². The highest BCUT2D eigenvalue weighted by molar-refractivity contribution is 6.35. The quantitative estimate of drug-likeness (QED) is 0.752. The fourth-order valence-corrected chi connectivity index (χ4v) is 3.30. The largest absolute Gasteiger partial charge is 0.348 e. The van der Waals surface area contributed by atoms with Crippen molar-refractivity contribution in [1.82, 2.24) is 9.97 Å². The lowest BCUT2D eigenvalue weighted by Gasteiger charge is -2.24. The number of rotatable bonds is 6. The first-order valence-corrected chi connectivity index (χ1v) is 7.83. The molecule has 2 nitrogen and oxygen atoms in total. The number of nitrogens with one attached hydrogen (secondary N) is 1. The van der Waals surface area contributed by atoms with Crippen molar-refractivity contribution in [2.24, 2.45) is 5.92 Å². The number of nitrogens with zero attached hydrogens (tertiary/aromatic N) is 1. The van der Waals surface area contributed by atoms with Crippen LogP contribution in [0.25, 0.3) is 0 Å². The molecule has 2 aromatic rings. The van der Waals surface area contributed by atoms with E-state index < -0.39 is 0 Å². The summed E-state index contributed by atoms with van der Waals surface area (Å²) >= 11 is 12.3. The average molecular weight is 311 g/mol. The van der Waals surface area contributed by atoms with E-state index in [1.807, 2.05) is 24.4 Å². The summed E-state index contributed by atoms with van der Waals surface area (Å²) < 4.78 is 0. The van der Waals surface area contributed by atoms with Gasteiger partial charge in [0.25, 0.3) is 0 Å². The summed E-state index contributed by atoms with van der Waals surface area (Å²) in [6.07, 6.45) is 6.84. The first-order valence-electron chi connectivity index (χ1n) is 7.07. The highest BCUT2D eigenvalue weighted by atomic mass is 35.5. The second-order valence-corrected chi connectivity index (χ2v) is 5.97. The zero-order valence-corrected chi connectivity index (χ0v) is 13.4. The summed E-state index contributed by atoms with van der Waals surface area (Å²) in [5, 5.41) is 1.45. The number of imidazole rings is 1. The summed E-state index contributed by atoms with van der Waals surface area (Å²) in [6, 6.07) is 5.77. The maximum atomic E-state index is 6.30. The Labute approximate surface area is 130 Å².